The predicted octanol–water partition coefficient (Wildman–Crippen LogP) is 0.598. The van der Waals surface area contributed by atoms with Crippen molar-refractivity contribution in [3.63, 3.8) is 0 Å². The maximum Gasteiger partial charge on any atom is 0.252 e. The number of rotatable bonds is 7. The molecule has 0 bridgehead atoms. The highest BCUT2D eigenvalue weighted by Gasteiger charge is 2.19. The lowest BCUT2D eigenvalue weighted by Gasteiger charge is -2.15. The van der Waals surface area contributed by atoms with Gasteiger partial charge < -0.3 is 21.2 Å². The van der Waals surface area contributed by atoms with Gasteiger partial charge in [0.15, 0.2) is 0 Å². The summed E-state index contributed by atoms with van der Waals surface area (Å²) in [5.74, 6) is -1.55. The average molecular weight is 305 g/mol. The summed E-state index contributed by atoms with van der Waals surface area (Å²) in [6.45, 7) is 2.76. The van der Waals surface area contributed by atoms with E-state index in [9.17, 15) is 19.2 Å². The van der Waals surface area contributed by atoms with Crippen molar-refractivity contribution >= 4 is 29.2 Å². The molecule has 7 nitrogen and oxygen atoms in total. The highest BCUT2D eigenvalue weighted by atomic mass is 16.2. The highest BCUT2D eigenvalue weighted by molar-refractivity contribution is 5.99. The second kappa shape index (κ2) is 7.92. The molecule has 0 fully saturated rings. The molecule has 1 aromatic carbocycles. The molecule has 0 radical (unpaired) electrons. The van der Waals surface area contributed by atoms with Gasteiger partial charge in [0.25, 0.3) is 5.91 Å². The van der Waals surface area contributed by atoms with Crippen LogP contribution >= 0.6 is 0 Å². The van der Waals surface area contributed by atoms with Crippen LogP contribution in [0.5, 0.6) is 0 Å². The Morgan fingerprint density at radius 1 is 1.18 bits per heavy atom. The SMILES string of the molecule is CC(=O)CC[C@@H](NC(=O)c1cccc(NC(C)=O)c1)C(N)=O. The first-order valence-electron chi connectivity index (χ1n) is 6.77. The number of nitrogens with two attached hydrogens (primary N) is 1. The first-order valence-corrected chi connectivity index (χ1v) is 6.77. The molecule has 0 saturated carbocycles. The molecule has 0 heterocycles. The topological polar surface area (TPSA) is 118 Å². The first kappa shape index (κ1) is 17.4. The summed E-state index contributed by atoms with van der Waals surface area (Å²) < 4.78 is 0. The molecule has 0 aromatic heterocycles. The van der Waals surface area contributed by atoms with Crippen LogP contribution in [0.4, 0.5) is 5.69 Å². The van der Waals surface area contributed by atoms with Gasteiger partial charge >= 0.3 is 0 Å². The second-order valence-corrected chi connectivity index (χ2v) is 4.93. The number of amides is 3. The Labute approximate surface area is 128 Å². The lowest BCUT2D eigenvalue weighted by Crippen LogP contribution is -2.44. The number of carbonyl (C=O) groups is 4. The van der Waals surface area contributed by atoms with Gasteiger partial charge in [-0.1, -0.05) is 6.07 Å². The highest BCUT2D eigenvalue weighted by Crippen LogP contribution is 2.11. The van der Waals surface area contributed by atoms with Gasteiger partial charge in [0.05, 0.1) is 0 Å². The molecule has 3 amide bonds. The second-order valence-electron chi connectivity index (χ2n) is 4.93. The molecule has 0 aliphatic rings. The van der Waals surface area contributed by atoms with Gasteiger partial charge in [0.1, 0.15) is 11.8 Å². The normalized spacial score (nSPS) is 11.4. The molecule has 118 valence electrons. The van der Waals surface area contributed by atoms with Gasteiger partial charge in [-0.3, -0.25) is 14.4 Å². The molecule has 4 N–H and O–H groups in total. The summed E-state index contributed by atoms with van der Waals surface area (Å²) in [5, 5.41) is 5.05. The van der Waals surface area contributed by atoms with Gasteiger partial charge in [-0.25, -0.2) is 0 Å². The standard InChI is InChI=1S/C15H19N3O4/c1-9(19)6-7-13(14(16)21)18-15(22)11-4-3-5-12(8-11)17-10(2)20/h3-5,8,13H,6-7H2,1-2H3,(H2,16,21)(H,17,20)(H,18,22)/t13-/m1/s1. The summed E-state index contributed by atoms with van der Waals surface area (Å²) in [6.07, 6.45) is 0.307. The third-order valence-electron chi connectivity index (χ3n) is 2.88. The number of nitrogens with one attached hydrogen (secondary N) is 2. The number of carbonyl (C=O) groups excluding carboxylic acids is 4. The number of Topliss-reactive ketones (excluding diaryl/α,β-unsaturated/α-hetero) is 1. The van der Waals surface area contributed by atoms with Crippen molar-refractivity contribution in [2.45, 2.75) is 32.7 Å². The van der Waals surface area contributed by atoms with Gasteiger partial charge in [-0.05, 0) is 31.5 Å². The van der Waals surface area contributed by atoms with Gasteiger partial charge in [0.2, 0.25) is 11.8 Å². The van der Waals surface area contributed by atoms with Gasteiger partial charge in [-0.15, -0.1) is 0 Å². The van der Waals surface area contributed by atoms with Crippen LogP contribution in [0.25, 0.3) is 0 Å². The molecule has 0 aliphatic heterocycles. The van der Waals surface area contributed by atoms with Crippen LogP contribution in [-0.2, 0) is 14.4 Å². The van der Waals surface area contributed by atoms with Crippen LogP contribution in [-0.4, -0.2) is 29.5 Å². The zero-order valence-electron chi connectivity index (χ0n) is 12.5. The van der Waals surface area contributed by atoms with Crippen LogP contribution in [0, 0.1) is 0 Å². The van der Waals surface area contributed by atoms with Crippen molar-refractivity contribution in [2.75, 3.05) is 5.32 Å². The largest absolute Gasteiger partial charge is 0.368 e. The van der Waals surface area contributed by atoms with Crippen LogP contribution in [0.1, 0.15) is 37.0 Å². The van der Waals surface area contributed by atoms with Crippen molar-refractivity contribution in [3.8, 4) is 0 Å². The maximum atomic E-state index is 12.1. The summed E-state index contributed by atoms with van der Waals surface area (Å²) in [7, 11) is 0. The van der Waals surface area contributed by atoms with Gasteiger partial charge in [-0.2, -0.15) is 0 Å². The zero-order chi connectivity index (χ0) is 16.7. The van der Waals surface area contributed by atoms with Crippen LogP contribution in [0.2, 0.25) is 0 Å². The van der Waals surface area contributed by atoms with Crippen LogP contribution in [0.15, 0.2) is 24.3 Å². The van der Waals surface area contributed by atoms with Crippen molar-refractivity contribution in [1.82, 2.24) is 5.32 Å². The van der Waals surface area contributed by atoms with Crippen molar-refractivity contribution < 1.29 is 19.2 Å². The Morgan fingerprint density at radius 2 is 1.86 bits per heavy atom. The molecule has 1 atom stereocenters. The minimum Gasteiger partial charge on any atom is -0.368 e. The lowest BCUT2D eigenvalue weighted by molar-refractivity contribution is -0.120. The first-order chi connectivity index (χ1) is 10.3. The van der Waals surface area contributed by atoms with Crippen LogP contribution < -0.4 is 16.4 Å². The smallest absolute Gasteiger partial charge is 0.252 e. The van der Waals surface area contributed by atoms with E-state index in [-0.39, 0.29) is 30.1 Å². The molecular formula is C15H19N3O4. The van der Waals surface area contributed by atoms with E-state index >= 15 is 0 Å². The number of primary amides is 1. The Morgan fingerprint density at radius 3 is 2.41 bits per heavy atom. The third-order valence-corrected chi connectivity index (χ3v) is 2.88. The molecule has 22 heavy (non-hydrogen) atoms. The van der Waals surface area contributed by atoms with E-state index in [4.69, 9.17) is 5.73 Å². The monoisotopic (exact) mass is 305 g/mol. The fourth-order valence-electron chi connectivity index (χ4n) is 1.82. The van der Waals surface area contributed by atoms with Gasteiger partial charge in [0, 0.05) is 24.6 Å². The molecule has 0 saturated heterocycles. The van der Waals surface area contributed by atoms with E-state index in [1.807, 2.05) is 0 Å². The Bertz CT molecular complexity index is 598. The quantitative estimate of drug-likeness (QED) is 0.683. The number of hydrogen-bond acceptors (Lipinski definition) is 4. The minimum atomic E-state index is -0.916. The van der Waals surface area contributed by atoms with Crippen molar-refractivity contribution in [1.29, 1.82) is 0 Å². The molecule has 0 aliphatic carbocycles. The lowest BCUT2D eigenvalue weighted by atomic mass is 10.1. The zero-order valence-corrected chi connectivity index (χ0v) is 12.5. The summed E-state index contributed by atoms with van der Waals surface area (Å²) in [6, 6.07) is 5.36. The van der Waals surface area contributed by atoms with E-state index in [2.05, 4.69) is 10.6 Å². The molecule has 7 heteroatoms. The molecular weight excluding hydrogens is 286 g/mol. The van der Waals surface area contributed by atoms with E-state index < -0.39 is 17.9 Å². The summed E-state index contributed by atoms with van der Waals surface area (Å²) in [5.41, 5.74) is 5.97. The van der Waals surface area contributed by atoms with E-state index in [1.54, 1.807) is 18.2 Å². The average Bonchev–Trinajstić information content (AvgIpc) is 2.42. The van der Waals surface area contributed by atoms with Crippen LogP contribution in [0.3, 0.4) is 0 Å². The number of hydrogen-bond donors (Lipinski definition) is 3. The number of anilines is 1. The van der Waals surface area contributed by atoms with E-state index in [0.29, 0.717) is 5.69 Å². The Balaban J connectivity index is 2.79. The third kappa shape index (κ3) is 5.74. The summed E-state index contributed by atoms with van der Waals surface area (Å²) >= 11 is 0. The summed E-state index contributed by atoms with van der Waals surface area (Å²) in [4.78, 5) is 45.4. The molecule has 1 aromatic rings. The Hall–Kier alpha value is -2.70. The minimum absolute atomic E-state index is 0.0897. The number of benzene rings is 1. The predicted molar refractivity (Wildman–Crippen MR) is 81.1 cm³/mol. The van der Waals surface area contributed by atoms with E-state index in [0.717, 1.165) is 0 Å². The molecule has 1 rings (SSSR count). The van der Waals surface area contributed by atoms with Crippen molar-refractivity contribution in [2.24, 2.45) is 5.73 Å². The van der Waals surface area contributed by atoms with E-state index in [1.165, 1.54) is 19.9 Å². The fraction of sp³-hybridized carbons (Fsp3) is 0.333. The molecule has 0 spiro atoms. The maximum absolute atomic E-state index is 12.1. The molecule has 0 unspecified atom stereocenters. The van der Waals surface area contributed by atoms with Crippen molar-refractivity contribution in [3.05, 3.63) is 29.8 Å². The number of ketones is 1. The fourth-order valence-corrected chi connectivity index (χ4v) is 1.82. The Kier molecular flexibility index (Phi) is 6.25.